The predicted octanol–water partition coefficient (Wildman–Crippen LogP) is 3.78. The Morgan fingerprint density at radius 1 is 1.26 bits per heavy atom. The normalized spacial score (nSPS) is 10.4. The van der Waals surface area contributed by atoms with E-state index in [4.69, 9.17) is 5.73 Å². The minimum Gasteiger partial charge on any atom is -0.398 e. The Morgan fingerprint density at radius 3 is 2.68 bits per heavy atom. The summed E-state index contributed by atoms with van der Waals surface area (Å²) in [5.74, 6) is 0.771. The summed E-state index contributed by atoms with van der Waals surface area (Å²) in [6.07, 6.45) is 0. The molecule has 0 aliphatic heterocycles. The largest absolute Gasteiger partial charge is 0.398 e. The van der Waals surface area contributed by atoms with E-state index in [-0.39, 0.29) is 5.69 Å². The minimum atomic E-state index is -0.422. The van der Waals surface area contributed by atoms with Crippen molar-refractivity contribution in [3.8, 4) is 0 Å². The van der Waals surface area contributed by atoms with Crippen molar-refractivity contribution >= 4 is 23.1 Å². The summed E-state index contributed by atoms with van der Waals surface area (Å²) in [7, 11) is 0. The maximum atomic E-state index is 10.8. The monoisotopic (exact) mass is 274 g/mol. The summed E-state index contributed by atoms with van der Waals surface area (Å²) in [5, 5.41) is 10.8. The van der Waals surface area contributed by atoms with Gasteiger partial charge in [-0.05, 0) is 24.1 Å². The first kappa shape index (κ1) is 13.4. The number of thioether (sulfide) groups is 1. The van der Waals surface area contributed by atoms with Gasteiger partial charge in [0, 0.05) is 28.5 Å². The lowest BCUT2D eigenvalue weighted by Gasteiger charge is -2.06. The molecule has 0 amide bonds. The van der Waals surface area contributed by atoms with E-state index in [2.05, 4.69) is 19.1 Å². The second-order valence-electron chi connectivity index (χ2n) is 4.23. The zero-order chi connectivity index (χ0) is 13.8. The van der Waals surface area contributed by atoms with Crippen molar-refractivity contribution in [2.24, 2.45) is 0 Å². The van der Waals surface area contributed by atoms with Crippen LogP contribution in [0.3, 0.4) is 0 Å². The first-order chi connectivity index (χ1) is 9.06. The zero-order valence-corrected chi connectivity index (χ0v) is 11.3. The fraction of sp³-hybridized carbons (Fsp3) is 0.143. The number of hydrogen-bond acceptors (Lipinski definition) is 4. The Morgan fingerprint density at radius 2 is 2.00 bits per heavy atom. The van der Waals surface area contributed by atoms with Gasteiger partial charge in [0.25, 0.3) is 5.69 Å². The second-order valence-corrected chi connectivity index (χ2v) is 5.28. The Balaban J connectivity index is 2.16. The molecule has 0 saturated carbocycles. The topological polar surface area (TPSA) is 69.2 Å². The molecule has 19 heavy (non-hydrogen) atoms. The van der Waals surface area contributed by atoms with Gasteiger partial charge < -0.3 is 5.73 Å². The Bertz CT molecular complexity index is 614. The van der Waals surface area contributed by atoms with Crippen molar-refractivity contribution in [1.29, 1.82) is 0 Å². The highest BCUT2D eigenvalue weighted by atomic mass is 32.2. The van der Waals surface area contributed by atoms with Crippen LogP contribution in [0.5, 0.6) is 0 Å². The van der Waals surface area contributed by atoms with Crippen LogP contribution in [0, 0.1) is 17.0 Å². The van der Waals surface area contributed by atoms with E-state index in [1.54, 1.807) is 23.9 Å². The number of nitrogens with zero attached hydrogens (tertiary/aromatic N) is 1. The number of benzene rings is 2. The number of aryl methyl sites for hydroxylation is 1. The van der Waals surface area contributed by atoms with Gasteiger partial charge in [0.2, 0.25) is 0 Å². The molecule has 0 aromatic heterocycles. The average molecular weight is 274 g/mol. The Hall–Kier alpha value is -2.01. The highest BCUT2D eigenvalue weighted by Crippen LogP contribution is 2.29. The summed E-state index contributed by atoms with van der Waals surface area (Å²) in [4.78, 5) is 11.2. The lowest BCUT2D eigenvalue weighted by atomic mass is 10.1. The Labute approximate surface area is 115 Å². The molecule has 0 atom stereocenters. The van der Waals surface area contributed by atoms with Crippen molar-refractivity contribution in [3.63, 3.8) is 0 Å². The molecule has 2 aromatic carbocycles. The summed E-state index contributed by atoms with van der Waals surface area (Å²) in [6.45, 7) is 2.05. The number of nitrogens with two attached hydrogens (primary N) is 1. The van der Waals surface area contributed by atoms with Gasteiger partial charge >= 0.3 is 0 Å². The molecule has 0 unspecified atom stereocenters. The zero-order valence-electron chi connectivity index (χ0n) is 10.5. The molecule has 0 bridgehead atoms. The number of nitrogen functional groups attached to an aromatic ring is 1. The van der Waals surface area contributed by atoms with Crippen LogP contribution >= 0.6 is 11.8 Å². The molecular formula is C14H14N2O2S. The summed E-state index contributed by atoms with van der Waals surface area (Å²) in [6, 6.07) is 12.8. The lowest BCUT2D eigenvalue weighted by molar-refractivity contribution is -0.385. The van der Waals surface area contributed by atoms with Gasteiger partial charge in [0.15, 0.2) is 0 Å². The van der Waals surface area contributed by atoms with Gasteiger partial charge in [0.1, 0.15) is 0 Å². The van der Waals surface area contributed by atoms with Crippen LogP contribution in [0.1, 0.15) is 11.1 Å². The quantitative estimate of drug-likeness (QED) is 0.399. The third-order valence-electron chi connectivity index (χ3n) is 2.78. The third kappa shape index (κ3) is 3.48. The first-order valence-electron chi connectivity index (χ1n) is 5.78. The van der Waals surface area contributed by atoms with Crippen molar-refractivity contribution in [2.75, 3.05) is 5.73 Å². The molecule has 5 heteroatoms. The van der Waals surface area contributed by atoms with Crippen molar-refractivity contribution in [2.45, 2.75) is 17.6 Å². The van der Waals surface area contributed by atoms with Crippen molar-refractivity contribution in [1.82, 2.24) is 0 Å². The summed E-state index contributed by atoms with van der Waals surface area (Å²) < 4.78 is 0. The van der Waals surface area contributed by atoms with E-state index >= 15 is 0 Å². The SMILES string of the molecule is Cc1ccccc1CSc1cc(N)cc([N+](=O)[O-])c1. The molecule has 2 N–H and O–H groups in total. The fourth-order valence-electron chi connectivity index (χ4n) is 1.73. The van der Waals surface area contributed by atoms with E-state index in [0.717, 1.165) is 10.6 Å². The van der Waals surface area contributed by atoms with E-state index < -0.39 is 4.92 Å². The smallest absolute Gasteiger partial charge is 0.272 e. The molecular weight excluding hydrogens is 260 g/mol. The van der Waals surface area contributed by atoms with E-state index in [0.29, 0.717) is 5.69 Å². The maximum Gasteiger partial charge on any atom is 0.272 e. The van der Waals surface area contributed by atoms with Crippen LogP contribution in [0.4, 0.5) is 11.4 Å². The second kappa shape index (κ2) is 5.75. The number of non-ortho nitro benzene ring substituents is 1. The third-order valence-corrected chi connectivity index (χ3v) is 3.80. The van der Waals surface area contributed by atoms with Gasteiger partial charge in [-0.25, -0.2) is 0 Å². The molecule has 0 saturated heterocycles. The molecule has 4 nitrogen and oxygen atoms in total. The molecule has 0 radical (unpaired) electrons. The van der Waals surface area contributed by atoms with Crippen LogP contribution in [0.2, 0.25) is 0 Å². The number of hydrogen-bond donors (Lipinski definition) is 1. The predicted molar refractivity (Wildman–Crippen MR) is 78.2 cm³/mol. The highest BCUT2D eigenvalue weighted by molar-refractivity contribution is 7.98. The fourth-order valence-corrected chi connectivity index (χ4v) is 2.80. The van der Waals surface area contributed by atoms with Gasteiger partial charge in [-0.15, -0.1) is 11.8 Å². The Kier molecular flexibility index (Phi) is 4.06. The molecule has 2 rings (SSSR count). The van der Waals surface area contributed by atoms with Crippen LogP contribution in [0.25, 0.3) is 0 Å². The molecule has 0 fully saturated rings. The number of nitro groups is 1. The molecule has 0 spiro atoms. The lowest BCUT2D eigenvalue weighted by Crippen LogP contribution is -1.92. The molecule has 0 heterocycles. The molecule has 0 aliphatic rings. The van der Waals surface area contributed by atoms with E-state index in [9.17, 15) is 10.1 Å². The maximum absolute atomic E-state index is 10.8. The van der Waals surface area contributed by atoms with Crippen molar-refractivity contribution < 1.29 is 4.92 Å². The van der Waals surface area contributed by atoms with Crippen LogP contribution in [-0.2, 0) is 5.75 Å². The average Bonchev–Trinajstić information content (AvgIpc) is 2.37. The number of anilines is 1. The standard InChI is InChI=1S/C14H14N2O2S/c1-10-4-2-3-5-11(10)9-19-14-7-12(15)6-13(8-14)16(17)18/h2-8H,9,15H2,1H3. The van der Waals surface area contributed by atoms with Gasteiger partial charge in [-0.2, -0.15) is 0 Å². The number of nitro benzene ring substituents is 1. The van der Waals surface area contributed by atoms with Gasteiger partial charge in [-0.3, -0.25) is 10.1 Å². The summed E-state index contributed by atoms with van der Waals surface area (Å²) in [5.41, 5.74) is 8.57. The van der Waals surface area contributed by atoms with Crippen LogP contribution in [-0.4, -0.2) is 4.92 Å². The number of rotatable bonds is 4. The van der Waals surface area contributed by atoms with Crippen LogP contribution in [0.15, 0.2) is 47.4 Å². The van der Waals surface area contributed by atoms with Gasteiger partial charge in [0.05, 0.1) is 4.92 Å². The molecule has 0 aliphatic carbocycles. The molecule has 98 valence electrons. The minimum absolute atomic E-state index is 0.0345. The van der Waals surface area contributed by atoms with Crippen molar-refractivity contribution in [3.05, 3.63) is 63.7 Å². The highest BCUT2D eigenvalue weighted by Gasteiger charge is 2.09. The van der Waals surface area contributed by atoms with E-state index in [1.807, 2.05) is 12.1 Å². The van der Waals surface area contributed by atoms with Gasteiger partial charge in [-0.1, -0.05) is 24.3 Å². The first-order valence-corrected chi connectivity index (χ1v) is 6.77. The van der Waals surface area contributed by atoms with Crippen LogP contribution < -0.4 is 5.73 Å². The van der Waals surface area contributed by atoms with E-state index in [1.165, 1.54) is 17.2 Å². The molecule has 2 aromatic rings. The summed E-state index contributed by atoms with van der Waals surface area (Å²) >= 11 is 1.55.